The molecule has 0 radical (unpaired) electrons. The summed E-state index contributed by atoms with van der Waals surface area (Å²) >= 11 is 8.04. The van der Waals surface area contributed by atoms with Gasteiger partial charge in [0.05, 0.1) is 10.2 Å². The molecule has 3 nitrogen and oxygen atoms in total. The Hall–Kier alpha value is -1.66. The number of nitrogens with two attached hydrogens (primary N) is 1. The van der Waals surface area contributed by atoms with E-state index in [2.05, 4.69) is 15.9 Å². The zero-order valence-electron chi connectivity index (χ0n) is 10.6. The van der Waals surface area contributed by atoms with E-state index in [4.69, 9.17) is 18.0 Å². The van der Waals surface area contributed by atoms with Crippen molar-refractivity contribution in [2.75, 3.05) is 11.9 Å². The quantitative estimate of drug-likeness (QED) is 0.825. The zero-order valence-corrected chi connectivity index (χ0v) is 13.0. The van der Waals surface area contributed by atoms with Crippen LogP contribution in [0.5, 0.6) is 5.75 Å². The Labute approximate surface area is 130 Å². The van der Waals surface area contributed by atoms with Gasteiger partial charge in [-0.2, -0.15) is 0 Å². The summed E-state index contributed by atoms with van der Waals surface area (Å²) in [5, 5.41) is 9.28. The van der Waals surface area contributed by atoms with E-state index in [0.717, 1.165) is 5.69 Å². The molecular formula is C14H12BrFN2OS. The number of phenolic OH excluding ortho intramolecular Hbond substituents is 1. The van der Waals surface area contributed by atoms with E-state index < -0.39 is 5.82 Å². The number of aromatic hydroxyl groups is 1. The highest BCUT2D eigenvalue weighted by molar-refractivity contribution is 9.10. The molecule has 0 heterocycles. The molecular weight excluding hydrogens is 343 g/mol. The molecule has 0 fully saturated rings. The summed E-state index contributed by atoms with van der Waals surface area (Å²) in [4.78, 5) is 1.80. The maximum Gasteiger partial charge on any atom is 0.161 e. The predicted octanol–water partition coefficient (Wildman–Crippen LogP) is 3.70. The summed E-state index contributed by atoms with van der Waals surface area (Å²) in [5.74, 6) is -0.279. The second kappa shape index (κ2) is 5.76. The average Bonchev–Trinajstić information content (AvgIpc) is 2.41. The van der Waals surface area contributed by atoms with E-state index in [1.165, 1.54) is 0 Å². The lowest BCUT2D eigenvalue weighted by Crippen LogP contribution is -2.15. The monoisotopic (exact) mass is 354 g/mol. The first-order valence-corrected chi connectivity index (χ1v) is 6.92. The molecule has 2 aromatic rings. The summed E-state index contributed by atoms with van der Waals surface area (Å²) in [6, 6.07) is 9.77. The molecule has 0 atom stereocenters. The molecule has 0 aliphatic rings. The summed E-state index contributed by atoms with van der Waals surface area (Å²) < 4.78 is 14.6. The summed E-state index contributed by atoms with van der Waals surface area (Å²) in [5.41, 5.74) is 7.11. The average molecular weight is 355 g/mol. The van der Waals surface area contributed by atoms with Crippen molar-refractivity contribution >= 4 is 44.5 Å². The number of hydrogen-bond acceptors (Lipinski definition) is 3. The van der Waals surface area contributed by atoms with Crippen LogP contribution >= 0.6 is 28.1 Å². The van der Waals surface area contributed by atoms with Crippen molar-refractivity contribution in [3.63, 3.8) is 0 Å². The largest absolute Gasteiger partial charge is 0.508 e. The minimum Gasteiger partial charge on any atom is -0.508 e. The highest BCUT2D eigenvalue weighted by Gasteiger charge is 2.16. The Bertz CT molecular complexity index is 661. The smallest absolute Gasteiger partial charge is 0.161 e. The van der Waals surface area contributed by atoms with Crippen molar-refractivity contribution in [1.82, 2.24) is 0 Å². The molecule has 6 heteroatoms. The van der Waals surface area contributed by atoms with Gasteiger partial charge in [-0.3, -0.25) is 0 Å². The Morgan fingerprint density at radius 3 is 2.40 bits per heavy atom. The van der Waals surface area contributed by atoms with Gasteiger partial charge in [-0.15, -0.1) is 0 Å². The first kappa shape index (κ1) is 14.7. The number of anilines is 2. The van der Waals surface area contributed by atoms with E-state index in [-0.39, 0.29) is 15.2 Å². The number of thiocarbonyl (C=S) groups is 1. The van der Waals surface area contributed by atoms with Gasteiger partial charge < -0.3 is 15.7 Å². The maximum absolute atomic E-state index is 14.4. The van der Waals surface area contributed by atoms with Gasteiger partial charge in [-0.05, 0) is 52.3 Å². The third-order valence-corrected chi connectivity index (χ3v) is 3.92. The first-order valence-electron chi connectivity index (χ1n) is 5.72. The normalized spacial score (nSPS) is 10.3. The first-order chi connectivity index (χ1) is 9.41. The molecule has 0 aliphatic heterocycles. The highest BCUT2D eigenvalue weighted by atomic mass is 79.9. The van der Waals surface area contributed by atoms with Gasteiger partial charge in [0.15, 0.2) is 5.82 Å². The second-order valence-corrected chi connectivity index (χ2v) is 5.43. The minimum absolute atomic E-state index is 0.134. The van der Waals surface area contributed by atoms with Crippen LogP contribution in [0, 0.1) is 5.82 Å². The third kappa shape index (κ3) is 2.76. The molecule has 0 saturated carbocycles. The van der Waals surface area contributed by atoms with Crippen LogP contribution in [0.3, 0.4) is 0 Å². The van der Waals surface area contributed by atoms with E-state index in [1.807, 2.05) is 0 Å². The second-order valence-electron chi connectivity index (χ2n) is 4.20. The molecule has 0 amide bonds. The van der Waals surface area contributed by atoms with Crippen molar-refractivity contribution in [3.8, 4) is 5.75 Å². The molecule has 2 rings (SSSR count). The predicted molar refractivity (Wildman–Crippen MR) is 86.2 cm³/mol. The molecule has 0 spiro atoms. The van der Waals surface area contributed by atoms with Gasteiger partial charge in [0.1, 0.15) is 10.7 Å². The van der Waals surface area contributed by atoms with E-state index in [9.17, 15) is 9.50 Å². The summed E-state index contributed by atoms with van der Waals surface area (Å²) in [7, 11) is 1.73. The molecule has 0 saturated heterocycles. The van der Waals surface area contributed by atoms with Gasteiger partial charge >= 0.3 is 0 Å². The third-order valence-electron chi connectivity index (χ3n) is 2.93. The van der Waals surface area contributed by atoms with Crippen molar-refractivity contribution in [3.05, 3.63) is 52.3 Å². The Kier molecular flexibility index (Phi) is 4.25. The lowest BCUT2D eigenvalue weighted by atomic mass is 10.1. The maximum atomic E-state index is 14.4. The van der Waals surface area contributed by atoms with Crippen LogP contribution in [0.2, 0.25) is 0 Å². The van der Waals surface area contributed by atoms with Gasteiger partial charge in [-0.25, -0.2) is 4.39 Å². The minimum atomic E-state index is -0.439. The Balaban J connectivity index is 2.45. The Morgan fingerprint density at radius 2 is 1.85 bits per heavy atom. The molecule has 0 aliphatic carbocycles. The van der Waals surface area contributed by atoms with Gasteiger partial charge in [-0.1, -0.05) is 12.2 Å². The van der Waals surface area contributed by atoms with Crippen LogP contribution in [0.15, 0.2) is 40.9 Å². The summed E-state index contributed by atoms with van der Waals surface area (Å²) in [6.07, 6.45) is 0. The standard InChI is InChI=1S/C14H12BrFN2OS/c1-18(8-2-4-9(19)5-3-8)11-7-6-10(14(17)20)12(15)13(11)16/h2-7,19H,1H3,(H2,17,20). The molecule has 0 aromatic heterocycles. The lowest BCUT2D eigenvalue weighted by molar-refractivity contribution is 0.475. The van der Waals surface area contributed by atoms with Crippen LogP contribution in [-0.2, 0) is 0 Å². The van der Waals surface area contributed by atoms with Crippen LogP contribution in [0.4, 0.5) is 15.8 Å². The summed E-state index contributed by atoms with van der Waals surface area (Å²) in [6.45, 7) is 0. The molecule has 20 heavy (non-hydrogen) atoms. The van der Waals surface area contributed by atoms with Gasteiger partial charge in [0.25, 0.3) is 0 Å². The van der Waals surface area contributed by atoms with Crippen LogP contribution in [-0.4, -0.2) is 17.1 Å². The highest BCUT2D eigenvalue weighted by Crippen LogP contribution is 2.33. The van der Waals surface area contributed by atoms with E-state index in [1.54, 1.807) is 48.3 Å². The lowest BCUT2D eigenvalue weighted by Gasteiger charge is -2.21. The number of rotatable bonds is 3. The van der Waals surface area contributed by atoms with Crippen molar-refractivity contribution in [2.45, 2.75) is 0 Å². The van der Waals surface area contributed by atoms with E-state index >= 15 is 0 Å². The number of phenols is 1. The van der Waals surface area contributed by atoms with Crippen LogP contribution in [0.1, 0.15) is 5.56 Å². The zero-order chi connectivity index (χ0) is 14.9. The fourth-order valence-corrected chi connectivity index (χ4v) is 2.65. The van der Waals surface area contributed by atoms with Crippen LogP contribution < -0.4 is 10.6 Å². The van der Waals surface area contributed by atoms with Gasteiger partial charge in [0.2, 0.25) is 0 Å². The fraction of sp³-hybridized carbons (Fsp3) is 0.0714. The van der Waals surface area contributed by atoms with Crippen molar-refractivity contribution < 1.29 is 9.50 Å². The number of nitrogens with zero attached hydrogens (tertiary/aromatic N) is 1. The number of benzene rings is 2. The number of hydrogen-bond donors (Lipinski definition) is 2. The van der Waals surface area contributed by atoms with Crippen LogP contribution in [0.25, 0.3) is 0 Å². The SMILES string of the molecule is CN(c1ccc(O)cc1)c1ccc(C(N)=S)c(Br)c1F. The molecule has 0 unspecified atom stereocenters. The molecule has 104 valence electrons. The molecule has 0 bridgehead atoms. The molecule has 3 N–H and O–H groups in total. The Morgan fingerprint density at radius 1 is 1.25 bits per heavy atom. The van der Waals surface area contributed by atoms with E-state index in [0.29, 0.717) is 11.3 Å². The molecule has 2 aromatic carbocycles. The van der Waals surface area contributed by atoms with Crippen molar-refractivity contribution in [2.24, 2.45) is 5.73 Å². The number of halogens is 2. The van der Waals surface area contributed by atoms with Gasteiger partial charge in [0, 0.05) is 18.3 Å². The topological polar surface area (TPSA) is 49.5 Å². The fourth-order valence-electron chi connectivity index (χ4n) is 1.80. The van der Waals surface area contributed by atoms with Crippen molar-refractivity contribution in [1.29, 1.82) is 0 Å².